The van der Waals surface area contributed by atoms with E-state index in [1.165, 1.54) is 17.0 Å². The van der Waals surface area contributed by atoms with Crippen molar-refractivity contribution in [3.05, 3.63) is 66.0 Å². The number of rotatable bonds is 6. The van der Waals surface area contributed by atoms with Gasteiger partial charge in [-0.3, -0.25) is 4.57 Å². The summed E-state index contributed by atoms with van der Waals surface area (Å²) in [5.74, 6) is 1.23. The van der Waals surface area contributed by atoms with Gasteiger partial charge in [-0.15, -0.1) is 11.7 Å². The minimum absolute atomic E-state index is 0.272. The summed E-state index contributed by atoms with van der Waals surface area (Å²) in [6.45, 7) is 8.71. The molecule has 0 saturated carbocycles. The molecule has 29 heavy (non-hydrogen) atoms. The molecule has 150 valence electrons. The highest BCUT2D eigenvalue weighted by Crippen LogP contribution is 2.19. The van der Waals surface area contributed by atoms with Crippen LogP contribution in [0.25, 0.3) is 11.4 Å². The van der Waals surface area contributed by atoms with Gasteiger partial charge in [0.25, 0.3) is 0 Å². The summed E-state index contributed by atoms with van der Waals surface area (Å²) >= 11 is 5.67. The first kappa shape index (κ1) is 19.4. The van der Waals surface area contributed by atoms with Gasteiger partial charge in [-0.1, -0.05) is 6.08 Å². The Morgan fingerprint density at radius 3 is 2.48 bits per heavy atom. The van der Waals surface area contributed by atoms with E-state index in [0.717, 1.165) is 43.5 Å². The predicted octanol–water partition coefficient (Wildman–Crippen LogP) is 1.56. The molecule has 4 rings (SSSR count). The smallest absolute Gasteiger partial charge is 0.225 e. The molecule has 3 heterocycles. The summed E-state index contributed by atoms with van der Waals surface area (Å²) in [6.07, 6.45) is 5.33. The highest BCUT2D eigenvalue weighted by molar-refractivity contribution is 7.71. The second kappa shape index (κ2) is 8.62. The second-order valence-electron chi connectivity index (χ2n) is 6.96. The van der Waals surface area contributed by atoms with Gasteiger partial charge in [0.1, 0.15) is 5.82 Å². The van der Waals surface area contributed by atoms with Crippen LogP contribution in [0.1, 0.15) is 0 Å². The number of nitrogens with one attached hydrogen (secondary N) is 1. The molecule has 1 N–H and O–H groups in total. The van der Waals surface area contributed by atoms with E-state index in [4.69, 9.17) is 17.3 Å². The van der Waals surface area contributed by atoms with E-state index >= 15 is 0 Å². The Morgan fingerprint density at radius 1 is 1.14 bits per heavy atom. The predicted molar refractivity (Wildman–Crippen MR) is 112 cm³/mol. The van der Waals surface area contributed by atoms with Gasteiger partial charge in [0, 0.05) is 24.5 Å². The van der Waals surface area contributed by atoms with Gasteiger partial charge < -0.3 is 9.80 Å². The van der Waals surface area contributed by atoms with Crippen molar-refractivity contribution in [2.75, 3.05) is 31.1 Å². The maximum atomic E-state index is 13.3. The van der Waals surface area contributed by atoms with Crippen LogP contribution in [-0.4, -0.2) is 50.5 Å². The molecule has 0 unspecified atom stereocenters. The molecule has 0 aliphatic carbocycles. The fraction of sp³-hybridized carbons (Fsp3) is 0.300. The molecule has 1 saturated heterocycles. The van der Waals surface area contributed by atoms with E-state index in [1.807, 2.05) is 15.3 Å². The number of piperazine rings is 1. The van der Waals surface area contributed by atoms with E-state index in [9.17, 15) is 4.39 Å². The quantitative estimate of drug-likeness (QED) is 0.492. The Labute approximate surface area is 173 Å². The number of anilines is 1. The van der Waals surface area contributed by atoms with Crippen molar-refractivity contribution in [2.45, 2.75) is 13.2 Å². The Morgan fingerprint density at radius 2 is 1.83 bits per heavy atom. The molecule has 1 aliphatic rings. The third kappa shape index (κ3) is 4.25. The van der Waals surface area contributed by atoms with Gasteiger partial charge in [-0.2, -0.15) is 4.68 Å². The van der Waals surface area contributed by atoms with Gasteiger partial charge in [0.05, 0.1) is 26.2 Å². The molecule has 0 atom stereocenters. The molecule has 0 radical (unpaired) electrons. The number of halogens is 1. The van der Waals surface area contributed by atoms with Crippen LogP contribution >= 0.6 is 12.2 Å². The topological polar surface area (TPSA) is 56.2 Å². The Bertz CT molecular complexity index is 1020. The lowest BCUT2D eigenvalue weighted by atomic mass is 10.2. The average Bonchev–Trinajstić information content (AvgIpc) is 3.06. The molecule has 7 nitrogen and oxygen atoms in total. The van der Waals surface area contributed by atoms with Crippen LogP contribution < -0.4 is 9.80 Å². The van der Waals surface area contributed by atoms with E-state index in [-0.39, 0.29) is 5.82 Å². The minimum atomic E-state index is -0.272. The number of quaternary nitrogens is 1. The molecule has 1 aromatic carbocycles. The zero-order chi connectivity index (χ0) is 20.2. The van der Waals surface area contributed by atoms with Crippen molar-refractivity contribution in [2.24, 2.45) is 0 Å². The SMILES string of the molecule is C=CCn1c(-c2ccc(F)cc2)nn(C[NH+]2CCN(c3ncccn3)CC2)c1=S. The lowest BCUT2D eigenvalue weighted by molar-refractivity contribution is -0.924. The van der Waals surface area contributed by atoms with Crippen LogP contribution in [-0.2, 0) is 13.2 Å². The molecule has 1 aliphatic heterocycles. The lowest BCUT2D eigenvalue weighted by Crippen LogP contribution is -3.14. The van der Waals surface area contributed by atoms with Gasteiger partial charge in [-0.05, 0) is 42.5 Å². The van der Waals surface area contributed by atoms with Gasteiger partial charge in [0.15, 0.2) is 12.5 Å². The monoisotopic (exact) mass is 412 g/mol. The largest absolute Gasteiger partial charge is 0.330 e. The first-order valence-electron chi connectivity index (χ1n) is 9.55. The van der Waals surface area contributed by atoms with Crippen molar-refractivity contribution in [1.82, 2.24) is 24.3 Å². The molecule has 9 heteroatoms. The summed E-state index contributed by atoms with van der Waals surface area (Å²) < 4.78 is 17.8. The van der Waals surface area contributed by atoms with Crippen LogP contribution in [0.15, 0.2) is 55.4 Å². The number of allylic oxidation sites excluding steroid dienone is 1. The normalized spacial score (nSPS) is 14.9. The molecule has 2 aromatic heterocycles. The first-order chi connectivity index (χ1) is 14.2. The molecule has 1 fully saturated rings. The van der Waals surface area contributed by atoms with Crippen molar-refractivity contribution >= 4 is 18.2 Å². The van der Waals surface area contributed by atoms with Crippen LogP contribution in [0.3, 0.4) is 0 Å². The number of hydrogen-bond acceptors (Lipinski definition) is 5. The molecule has 0 spiro atoms. The van der Waals surface area contributed by atoms with E-state index < -0.39 is 0 Å². The number of benzene rings is 1. The third-order valence-corrected chi connectivity index (χ3v) is 5.45. The van der Waals surface area contributed by atoms with Gasteiger partial charge in [0.2, 0.25) is 10.7 Å². The van der Waals surface area contributed by atoms with Crippen LogP contribution in [0, 0.1) is 10.6 Å². The summed E-state index contributed by atoms with van der Waals surface area (Å²) in [6, 6.07) is 8.15. The van der Waals surface area contributed by atoms with Gasteiger partial charge in [-0.25, -0.2) is 14.4 Å². The average molecular weight is 413 g/mol. The Kier molecular flexibility index (Phi) is 5.77. The van der Waals surface area contributed by atoms with E-state index in [2.05, 4.69) is 21.4 Å². The van der Waals surface area contributed by atoms with Crippen molar-refractivity contribution in [1.29, 1.82) is 0 Å². The zero-order valence-corrected chi connectivity index (χ0v) is 16.9. The lowest BCUT2D eigenvalue weighted by Gasteiger charge is -2.31. The standard InChI is InChI=1S/C20H22FN7S/c1-2-10-27-18(16-4-6-17(21)7-5-16)24-28(20(27)29)15-25-11-13-26(14-12-25)19-22-8-3-9-23-19/h2-9H,1,10-15H2/p+1. The Balaban J connectivity index is 1.51. The maximum absolute atomic E-state index is 13.3. The zero-order valence-electron chi connectivity index (χ0n) is 16.0. The highest BCUT2D eigenvalue weighted by Gasteiger charge is 2.23. The summed E-state index contributed by atoms with van der Waals surface area (Å²) in [7, 11) is 0. The number of aromatic nitrogens is 5. The van der Waals surface area contributed by atoms with Crippen LogP contribution in [0.4, 0.5) is 10.3 Å². The minimum Gasteiger partial charge on any atom is -0.330 e. The summed E-state index contributed by atoms with van der Waals surface area (Å²) in [5, 5.41) is 4.75. The molecular formula is C20H23FN7S+. The molecule has 3 aromatic rings. The highest BCUT2D eigenvalue weighted by atomic mass is 32.1. The van der Waals surface area contributed by atoms with Gasteiger partial charge >= 0.3 is 0 Å². The fourth-order valence-corrected chi connectivity index (χ4v) is 3.76. The number of nitrogens with zero attached hydrogens (tertiary/aromatic N) is 6. The van der Waals surface area contributed by atoms with Crippen molar-refractivity contribution < 1.29 is 9.29 Å². The van der Waals surface area contributed by atoms with Crippen molar-refractivity contribution in [3.8, 4) is 11.4 Å². The van der Waals surface area contributed by atoms with Crippen LogP contribution in [0.2, 0.25) is 0 Å². The molecular weight excluding hydrogens is 389 g/mol. The fourth-order valence-electron chi connectivity index (χ4n) is 3.50. The first-order valence-corrected chi connectivity index (χ1v) is 9.96. The van der Waals surface area contributed by atoms with E-state index in [0.29, 0.717) is 18.0 Å². The molecule has 0 bridgehead atoms. The summed E-state index contributed by atoms with van der Waals surface area (Å²) in [4.78, 5) is 12.3. The van der Waals surface area contributed by atoms with Crippen LogP contribution in [0.5, 0.6) is 0 Å². The molecule has 0 amide bonds. The van der Waals surface area contributed by atoms with E-state index in [1.54, 1.807) is 30.6 Å². The maximum Gasteiger partial charge on any atom is 0.225 e. The Hall–Kier alpha value is -2.91. The third-order valence-electron chi connectivity index (χ3n) is 5.02. The summed E-state index contributed by atoms with van der Waals surface area (Å²) in [5.41, 5.74) is 0.833. The second-order valence-corrected chi connectivity index (χ2v) is 7.32. The number of hydrogen-bond donors (Lipinski definition) is 1. The van der Waals surface area contributed by atoms with Crippen molar-refractivity contribution in [3.63, 3.8) is 0 Å².